The second kappa shape index (κ2) is 7.40. The second-order valence-electron chi connectivity index (χ2n) is 7.38. The Morgan fingerprint density at radius 1 is 1.36 bits per heavy atom. The average Bonchev–Trinajstić information content (AvgIpc) is 3.08. The minimum Gasteiger partial charge on any atom is -0.487 e. The second-order valence-corrected chi connectivity index (χ2v) is 9.14. The van der Waals surface area contributed by atoms with Crippen molar-refractivity contribution in [3.63, 3.8) is 0 Å². The quantitative estimate of drug-likeness (QED) is 0.775. The number of hydrogen-bond donors (Lipinski definition) is 2. The molecule has 25 heavy (non-hydrogen) atoms. The number of sulfonamides is 1. The Bertz CT molecular complexity index is 715. The van der Waals surface area contributed by atoms with Gasteiger partial charge in [0, 0.05) is 20.1 Å². The van der Waals surface area contributed by atoms with Gasteiger partial charge in [-0.3, -0.25) is 0 Å². The highest BCUT2D eigenvalue weighted by molar-refractivity contribution is 7.89. The molecule has 142 valence electrons. The van der Waals surface area contributed by atoms with Crippen LogP contribution in [0.5, 0.6) is 5.75 Å². The van der Waals surface area contributed by atoms with Crippen molar-refractivity contribution in [1.29, 1.82) is 0 Å². The number of ether oxygens (including phenoxy) is 2. The summed E-state index contributed by atoms with van der Waals surface area (Å²) in [6, 6.07) is 5.07. The molecule has 0 amide bonds. The van der Waals surface area contributed by atoms with Gasteiger partial charge in [0.15, 0.2) is 0 Å². The molecule has 8 heteroatoms. The van der Waals surface area contributed by atoms with E-state index in [1.54, 1.807) is 25.3 Å². The SMILES string of the molecule is COCC1(CNS(=O)(=O)c2ccc3c(c2)CC(C)(C)O3)CCCN1.Cl. The third-order valence-electron chi connectivity index (χ3n) is 4.70. The predicted octanol–water partition coefficient (Wildman–Crippen LogP) is 1.87. The van der Waals surface area contributed by atoms with Gasteiger partial charge < -0.3 is 14.8 Å². The van der Waals surface area contributed by atoms with Crippen LogP contribution in [-0.2, 0) is 21.2 Å². The predicted molar refractivity (Wildman–Crippen MR) is 99.1 cm³/mol. The number of rotatable bonds is 6. The minimum absolute atomic E-state index is 0. The fourth-order valence-corrected chi connectivity index (χ4v) is 4.72. The first kappa shape index (κ1) is 20.5. The first-order valence-corrected chi connectivity index (χ1v) is 9.79. The maximum Gasteiger partial charge on any atom is 0.240 e. The van der Waals surface area contributed by atoms with Crippen LogP contribution in [0.4, 0.5) is 0 Å². The zero-order valence-electron chi connectivity index (χ0n) is 14.9. The van der Waals surface area contributed by atoms with Gasteiger partial charge in [-0.1, -0.05) is 0 Å². The number of hydrogen-bond acceptors (Lipinski definition) is 5. The fourth-order valence-electron chi connectivity index (χ4n) is 3.54. The molecule has 1 atom stereocenters. The summed E-state index contributed by atoms with van der Waals surface area (Å²) in [7, 11) is -1.93. The lowest BCUT2D eigenvalue weighted by atomic mass is 9.99. The Kier molecular flexibility index (Phi) is 6.06. The highest BCUT2D eigenvalue weighted by Crippen LogP contribution is 2.36. The van der Waals surface area contributed by atoms with Crippen LogP contribution in [0.1, 0.15) is 32.3 Å². The minimum atomic E-state index is -3.56. The first-order valence-electron chi connectivity index (χ1n) is 8.31. The molecule has 0 aromatic heterocycles. The molecule has 2 aliphatic rings. The molecule has 1 unspecified atom stereocenters. The normalized spacial score (nSPS) is 24.4. The molecule has 0 saturated carbocycles. The highest BCUT2D eigenvalue weighted by atomic mass is 35.5. The summed E-state index contributed by atoms with van der Waals surface area (Å²) in [5.41, 5.74) is 0.339. The van der Waals surface area contributed by atoms with Gasteiger partial charge in [0.25, 0.3) is 0 Å². The van der Waals surface area contributed by atoms with Crippen LogP contribution in [0.3, 0.4) is 0 Å². The lowest BCUT2D eigenvalue weighted by molar-refractivity contribution is 0.122. The van der Waals surface area contributed by atoms with Gasteiger partial charge in [-0.15, -0.1) is 12.4 Å². The van der Waals surface area contributed by atoms with E-state index in [2.05, 4.69) is 10.0 Å². The molecule has 2 heterocycles. The van der Waals surface area contributed by atoms with Gasteiger partial charge in [-0.2, -0.15) is 0 Å². The van der Waals surface area contributed by atoms with Gasteiger partial charge in [0.1, 0.15) is 11.4 Å². The monoisotopic (exact) mass is 390 g/mol. The molecule has 0 radical (unpaired) electrons. The zero-order valence-corrected chi connectivity index (χ0v) is 16.6. The molecule has 0 spiro atoms. The molecule has 3 rings (SSSR count). The summed E-state index contributed by atoms with van der Waals surface area (Å²) in [6.07, 6.45) is 2.63. The summed E-state index contributed by atoms with van der Waals surface area (Å²) in [5.74, 6) is 0.771. The van der Waals surface area contributed by atoms with Gasteiger partial charge in [0.2, 0.25) is 10.0 Å². The Labute approximate surface area is 156 Å². The highest BCUT2D eigenvalue weighted by Gasteiger charge is 2.35. The molecule has 2 N–H and O–H groups in total. The van der Waals surface area contributed by atoms with Crippen molar-refractivity contribution in [1.82, 2.24) is 10.0 Å². The summed E-state index contributed by atoms with van der Waals surface area (Å²) >= 11 is 0. The van der Waals surface area contributed by atoms with E-state index < -0.39 is 10.0 Å². The van der Waals surface area contributed by atoms with Crippen LogP contribution in [0, 0.1) is 0 Å². The van der Waals surface area contributed by atoms with Crippen molar-refractivity contribution in [2.75, 3.05) is 26.8 Å². The Morgan fingerprint density at radius 2 is 2.12 bits per heavy atom. The van der Waals surface area contributed by atoms with E-state index in [-0.39, 0.29) is 28.4 Å². The van der Waals surface area contributed by atoms with E-state index in [1.807, 2.05) is 13.8 Å². The van der Waals surface area contributed by atoms with Crippen LogP contribution < -0.4 is 14.8 Å². The van der Waals surface area contributed by atoms with Crippen molar-refractivity contribution in [3.05, 3.63) is 23.8 Å². The van der Waals surface area contributed by atoms with E-state index in [0.29, 0.717) is 19.6 Å². The fraction of sp³-hybridized carbons (Fsp3) is 0.647. The van der Waals surface area contributed by atoms with Crippen LogP contribution in [0.15, 0.2) is 23.1 Å². The summed E-state index contributed by atoms with van der Waals surface area (Å²) in [4.78, 5) is 0.285. The van der Waals surface area contributed by atoms with Crippen molar-refractivity contribution in [3.8, 4) is 5.75 Å². The number of benzene rings is 1. The smallest absolute Gasteiger partial charge is 0.240 e. The van der Waals surface area contributed by atoms with E-state index in [4.69, 9.17) is 9.47 Å². The summed E-state index contributed by atoms with van der Waals surface area (Å²) < 4.78 is 39.2. The molecule has 0 bridgehead atoms. The van der Waals surface area contributed by atoms with E-state index >= 15 is 0 Å². The molecule has 2 aliphatic heterocycles. The van der Waals surface area contributed by atoms with E-state index in [0.717, 1.165) is 30.7 Å². The van der Waals surface area contributed by atoms with E-state index in [9.17, 15) is 8.42 Å². The van der Waals surface area contributed by atoms with Crippen molar-refractivity contribution in [2.45, 2.75) is 49.1 Å². The lowest BCUT2D eigenvalue weighted by Crippen LogP contribution is -2.52. The Balaban J connectivity index is 0.00000225. The van der Waals surface area contributed by atoms with Crippen LogP contribution >= 0.6 is 12.4 Å². The number of fused-ring (bicyclic) bond motifs is 1. The van der Waals surface area contributed by atoms with Crippen LogP contribution in [0.2, 0.25) is 0 Å². The maximum atomic E-state index is 12.7. The summed E-state index contributed by atoms with van der Waals surface area (Å²) in [6.45, 7) is 5.69. The summed E-state index contributed by atoms with van der Waals surface area (Å²) in [5, 5.41) is 3.38. The first-order chi connectivity index (χ1) is 11.3. The lowest BCUT2D eigenvalue weighted by Gasteiger charge is -2.28. The number of nitrogens with one attached hydrogen (secondary N) is 2. The van der Waals surface area contributed by atoms with Crippen LogP contribution in [-0.4, -0.2) is 46.4 Å². The molecule has 1 aromatic rings. The molecular weight excluding hydrogens is 364 g/mol. The molecular formula is C17H27ClN2O4S. The molecule has 0 aliphatic carbocycles. The average molecular weight is 391 g/mol. The Morgan fingerprint density at radius 3 is 2.76 bits per heavy atom. The van der Waals surface area contributed by atoms with Gasteiger partial charge >= 0.3 is 0 Å². The van der Waals surface area contributed by atoms with Crippen molar-refractivity contribution in [2.24, 2.45) is 0 Å². The maximum absolute atomic E-state index is 12.7. The van der Waals surface area contributed by atoms with Crippen LogP contribution in [0.25, 0.3) is 0 Å². The van der Waals surface area contributed by atoms with Gasteiger partial charge in [0.05, 0.1) is 17.0 Å². The molecule has 1 aromatic carbocycles. The Hall–Kier alpha value is -0.860. The van der Waals surface area contributed by atoms with Crippen molar-refractivity contribution >= 4 is 22.4 Å². The third kappa shape index (κ3) is 4.46. The molecule has 1 fully saturated rings. The topological polar surface area (TPSA) is 76.7 Å². The zero-order chi connectivity index (χ0) is 17.4. The van der Waals surface area contributed by atoms with E-state index in [1.165, 1.54) is 0 Å². The standard InChI is InChI=1S/C17H26N2O4S.ClH/c1-16(2)10-13-9-14(5-6-15(13)23-16)24(20,21)19-11-17(12-22-3)7-4-8-18-17;/h5-6,9,18-19H,4,7-8,10-12H2,1-3H3;1H. The largest absolute Gasteiger partial charge is 0.487 e. The third-order valence-corrected chi connectivity index (χ3v) is 6.10. The number of methoxy groups -OCH3 is 1. The van der Waals surface area contributed by atoms with Gasteiger partial charge in [-0.05, 0) is 57.0 Å². The molecule has 6 nitrogen and oxygen atoms in total. The van der Waals surface area contributed by atoms with Crippen molar-refractivity contribution < 1.29 is 17.9 Å². The van der Waals surface area contributed by atoms with Gasteiger partial charge in [-0.25, -0.2) is 13.1 Å². The number of halogens is 1. The molecule has 1 saturated heterocycles.